The van der Waals surface area contributed by atoms with E-state index in [-0.39, 0.29) is 23.5 Å². The highest BCUT2D eigenvalue weighted by Gasteiger charge is 2.28. The SMILES string of the molecule is O=C(NCc1ccc(O)cc1)C1CCN(C(=O)c2cccc3ccccc23)CC1. The van der Waals surface area contributed by atoms with Crippen molar-refractivity contribution in [2.45, 2.75) is 19.4 Å². The van der Waals surface area contributed by atoms with E-state index >= 15 is 0 Å². The number of phenolic OH excluding ortho intramolecular Hbond substituents is 1. The Kier molecular flexibility index (Phi) is 5.47. The van der Waals surface area contributed by atoms with Crippen molar-refractivity contribution in [1.82, 2.24) is 10.2 Å². The second-order valence-electron chi connectivity index (χ2n) is 7.48. The van der Waals surface area contributed by atoms with Crippen LogP contribution in [0.3, 0.4) is 0 Å². The van der Waals surface area contributed by atoms with E-state index in [2.05, 4.69) is 5.32 Å². The van der Waals surface area contributed by atoms with Crippen LogP contribution < -0.4 is 5.32 Å². The Bertz CT molecular complexity index is 1020. The number of benzene rings is 3. The number of carbonyl (C=O) groups excluding carboxylic acids is 2. The molecule has 3 aromatic rings. The topological polar surface area (TPSA) is 69.6 Å². The molecular formula is C24H24N2O3. The summed E-state index contributed by atoms with van der Waals surface area (Å²) in [5.74, 6) is 0.187. The Labute approximate surface area is 170 Å². The molecule has 148 valence electrons. The van der Waals surface area contributed by atoms with Crippen molar-refractivity contribution >= 4 is 22.6 Å². The lowest BCUT2D eigenvalue weighted by atomic mass is 9.94. The van der Waals surface area contributed by atoms with Crippen LogP contribution in [0, 0.1) is 5.92 Å². The summed E-state index contributed by atoms with van der Waals surface area (Å²) < 4.78 is 0. The molecule has 29 heavy (non-hydrogen) atoms. The zero-order valence-electron chi connectivity index (χ0n) is 16.2. The van der Waals surface area contributed by atoms with Gasteiger partial charge in [-0.2, -0.15) is 0 Å². The first-order valence-corrected chi connectivity index (χ1v) is 9.94. The van der Waals surface area contributed by atoms with Gasteiger partial charge in [0.05, 0.1) is 0 Å². The zero-order chi connectivity index (χ0) is 20.2. The molecule has 1 aliphatic heterocycles. The number of amides is 2. The van der Waals surface area contributed by atoms with E-state index in [1.54, 1.807) is 24.3 Å². The average molecular weight is 388 g/mol. The Morgan fingerprint density at radius 2 is 1.62 bits per heavy atom. The summed E-state index contributed by atoms with van der Waals surface area (Å²) in [6.45, 7) is 1.60. The first kappa shape index (κ1) is 19.0. The van der Waals surface area contributed by atoms with Crippen molar-refractivity contribution in [2.24, 2.45) is 5.92 Å². The summed E-state index contributed by atoms with van der Waals surface area (Å²) in [4.78, 5) is 27.4. The molecule has 1 fully saturated rings. The molecule has 0 unspecified atom stereocenters. The predicted octanol–water partition coefficient (Wildman–Crippen LogP) is 3.71. The molecule has 3 aromatic carbocycles. The second kappa shape index (κ2) is 8.35. The maximum atomic E-state index is 13.0. The normalized spacial score (nSPS) is 14.7. The number of fused-ring (bicyclic) bond motifs is 1. The first-order valence-electron chi connectivity index (χ1n) is 9.94. The van der Waals surface area contributed by atoms with Crippen molar-refractivity contribution in [1.29, 1.82) is 0 Å². The number of hydrogen-bond acceptors (Lipinski definition) is 3. The van der Waals surface area contributed by atoms with Gasteiger partial charge in [-0.3, -0.25) is 9.59 Å². The number of nitrogens with zero attached hydrogens (tertiary/aromatic N) is 1. The molecule has 0 bridgehead atoms. The molecule has 4 rings (SSSR count). The van der Waals surface area contributed by atoms with Gasteiger partial charge in [0.25, 0.3) is 5.91 Å². The minimum Gasteiger partial charge on any atom is -0.508 e. The lowest BCUT2D eigenvalue weighted by Crippen LogP contribution is -2.43. The molecule has 0 atom stereocenters. The van der Waals surface area contributed by atoms with Gasteiger partial charge in [-0.15, -0.1) is 0 Å². The van der Waals surface area contributed by atoms with Crippen LogP contribution in [0.1, 0.15) is 28.8 Å². The fourth-order valence-electron chi connectivity index (χ4n) is 3.87. The van der Waals surface area contributed by atoms with Gasteiger partial charge in [-0.1, -0.05) is 48.5 Å². The van der Waals surface area contributed by atoms with E-state index in [9.17, 15) is 14.7 Å². The van der Waals surface area contributed by atoms with Crippen LogP contribution in [0.15, 0.2) is 66.7 Å². The summed E-state index contributed by atoms with van der Waals surface area (Å²) in [6, 6.07) is 20.5. The van der Waals surface area contributed by atoms with Gasteiger partial charge in [-0.05, 0) is 47.4 Å². The third-order valence-corrected chi connectivity index (χ3v) is 5.58. The Hall–Kier alpha value is -3.34. The minimum atomic E-state index is -0.0799. The molecule has 0 radical (unpaired) electrons. The number of phenols is 1. The Morgan fingerprint density at radius 1 is 0.931 bits per heavy atom. The molecule has 0 aliphatic carbocycles. The number of likely N-dealkylation sites (tertiary alicyclic amines) is 1. The van der Waals surface area contributed by atoms with Crippen molar-refractivity contribution in [2.75, 3.05) is 13.1 Å². The molecule has 0 aromatic heterocycles. The van der Waals surface area contributed by atoms with E-state index in [0.717, 1.165) is 21.9 Å². The van der Waals surface area contributed by atoms with Crippen LogP contribution in [-0.4, -0.2) is 34.9 Å². The molecular weight excluding hydrogens is 364 g/mol. The summed E-state index contributed by atoms with van der Waals surface area (Å²) in [6.07, 6.45) is 1.33. The van der Waals surface area contributed by atoms with E-state index < -0.39 is 0 Å². The number of carbonyl (C=O) groups is 2. The van der Waals surface area contributed by atoms with E-state index in [1.165, 1.54) is 0 Å². The number of aromatic hydroxyl groups is 1. The maximum absolute atomic E-state index is 13.0. The molecule has 2 amide bonds. The van der Waals surface area contributed by atoms with Crippen molar-refractivity contribution in [3.05, 3.63) is 77.9 Å². The van der Waals surface area contributed by atoms with Crippen LogP contribution in [0.5, 0.6) is 5.75 Å². The lowest BCUT2D eigenvalue weighted by Gasteiger charge is -2.31. The van der Waals surface area contributed by atoms with E-state index in [0.29, 0.717) is 32.5 Å². The van der Waals surface area contributed by atoms with Crippen LogP contribution in [0.25, 0.3) is 10.8 Å². The highest BCUT2D eigenvalue weighted by atomic mass is 16.3. The van der Waals surface area contributed by atoms with Gasteiger partial charge in [-0.25, -0.2) is 0 Å². The molecule has 1 saturated heterocycles. The molecule has 0 saturated carbocycles. The summed E-state index contributed by atoms with van der Waals surface area (Å²) in [5, 5.41) is 14.3. The zero-order valence-corrected chi connectivity index (χ0v) is 16.2. The fourth-order valence-corrected chi connectivity index (χ4v) is 3.87. The van der Waals surface area contributed by atoms with Gasteiger partial charge in [0.1, 0.15) is 5.75 Å². The van der Waals surface area contributed by atoms with Gasteiger partial charge in [0.15, 0.2) is 0 Å². The molecule has 0 spiro atoms. The number of hydrogen-bond donors (Lipinski definition) is 2. The van der Waals surface area contributed by atoms with Crippen LogP contribution >= 0.6 is 0 Å². The van der Waals surface area contributed by atoms with Crippen LogP contribution in [0.4, 0.5) is 0 Å². The lowest BCUT2D eigenvalue weighted by molar-refractivity contribution is -0.126. The Balaban J connectivity index is 1.34. The number of nitrogens with one attached hydrogen (secondary N) is 1. The van der Waals surface area contributed by atoms with Gasteiger partial charge >= 0.3 is 0 Å². The third kappa shape index (κ3) is 4.24. The van der Waals surface area contributed by atoms with Crippen molar-refractivity contribution in [3.63, 3.8) is 0 Å². The van der Waals surface area contributed by atoms with Crippen LogP contribution in [-0.2, 0) is 11.3 Å². The molecule has 1 heterocycles. The smallest absolute Gasteiger partial charge is 0.254 e. The third-order valence-electron chi connectivity index (χ3n) is 5.58. The highest BCUT2D eigenvalue weighted by Crippen LogP contribution is 2.24. The number of rotatable bonds is 4. The number of piperidine rings is 1. The average Bonchev–Trinajstić information content (AvgIpc) is 2.78. The Morgan fingerprint density at radius 3 is 2.38 bits per heavy atom. The first-order chi connectivity index (χ1) is 14.1. The second-order valence-corrected chi connectivity index (χ2v) is 7.48. The van der Waals surface area contributed by atoms with E-state index in [4.69, 9.17) is 0 Å². The summed E-state index contributed by atoms with van der Waals surface area (Å²) in [5.41, 5.74) is 1.66. The maximum Gasteiger partial charge on any atom is 0.254 e. The minimum absolute atomic E-state index is 0.0235. The summed E-state index contributed by atoms with van der Waals surface area (Å²) in [7, 11) is 0. The molecule has 1 aliphatic rings. The van der Waals surface area contributed by atoms with Crippen molar-refractivity contribution in [3.8, 4) is 5.75 Å². The highest BCUT2D eigenvalue weighted by molar-refractivity contribution is 6.07. The van der Waals surface area contributed by atoms with E-state index in [1.807, 2.05) is 47.4 Å². The van der Waals surface area contributed by atoms with Gasteiger partial charge in [0, 0.05) is 31.1 Å². The monoisotopic (exact) mass is 388 g/mol. The molecule has 5 heteroatoms. The largest absolute Gasteiger partial charge is 0.508 e. The predicted molar refractivity (Wildman–Crippen MR) is 113 cm³/mol. The van der Waals surface area contributed by atoms with Crippen molar-refractivity contribution < 1.29 is 14.7 Å². The standard InChI is InChI=1S/C24H24N2O3/c27-20-10-8-17(9-11-20)16-25-23(28)19-12-14-26(15-13-19)24(29)22-7-3-5-18-4-1-2-6-21(18)22/h1-11,19,27H,12-16H2,(H,25,28). The fraction of sp³-hybridized carbons (Fsp3) is 0.250. The molecule has 5 nitrogen and oxygen atoms in total. The molecule has 2 N–H and O–H groups in total. The van der Waals surface area contributed by atoms with Gasteiger partial charge in [0.2, 0.25) is 5.91 Å². The van der Waals surface area contributed by atoms with Gasteiger partial charge < -0.3 is 15.3 Å². The quantitative estimate of drug-likeness (QED) is 0.716. The van der Waals surface area contributed by atoms with Crippen LogP contribution in [0.2, 0.25) is 0 Å². The summed E-state index contributed by atoms with van der Waals surface area (Å²) >= 11 is 0.